The molecule has 3 amide bonds. The Kier molecular flexibility index (Phi) is 3.92. The molecule has 0 aromatic heterocycles. The Hall–Kier alpha value is -1.40. The number of anilines is 1. The van der Waals surface area contributed by atoms with Gasteiger partial charge in [-0.05, 0) is 65.2 Å². The van der Waals surface area contributed by atoms with Gasteiger partial charge in [0.25, 0.3) is 0 Å². The average molecular weight is 412 g/mol. The number of amides is 3. The van der Waals surface area contributed by atoms with Gasteiger partial charge in [-0.25, -0.2) is 0 Å². The van der Waals surface area contributed by atoms with Crippen molar-refractivity contribution in [1.82, 2.24) is 4.90 Å². The molecule has 126 valence electrons. The van der Waals surface area contributed by atoms with E-state index >= 15 is 0 Å². The first kappa shape index (κ1) is 16.1. The minimum Gasteiger partial charge on any atom is -0.324 e. The lowest BCUT2D eigenvalue weighted by Crippen LogP contribution is -2.39. The summed E-state index contributed by atoms with van der Waals surface area (Å²) >= 11 is 9.29. The predicted molar refractivity (Wildman–Crippen MR) is 92.3 cm³/mol. The number of carbonyl (C=O) groups is 3. The van der Waals surface area contributed by atoms with Crippen LogP contribution < -0.4 is 5.32 Å². The first-order valence-electron chi connectivity index (χ1n) is 8.06. The summed E-state index contributed by atoms with van der Waals surface area (Å²) in [5.41, 5.74) is 0.535. The van der Waals surface area contributed by atoms with Crippen molar-refractivity contribution in [2.45, 2.75) is 19.3 Å². The van der Waals surface area contributed by atoms with Gasteiger partial charge in [0, 0.05) is 10.2 Å². The maximum Gasteiger partial charge on any atom is 0.244 e. The van der Waals surface area contributed by atoms with Crippen LogP contribution in [0.5, 0.6) is 0 Å². The number of nitrogens with one attached hydrogen (secondary N) is 1. The predicted octanol–water partition coefficient (Wildman–Crippen LogP) is 3.07. The maximum atomic E-state index is 12.6. The summed E-state index contributed by atoms with van der Waals surface area (Å²) in [6, 6.07) is 5.05. The Morgan fingerprint density at radius 2 is 1.83 bits per heavy atom. The van der Waals surface area contributed by atoms with Crippen molar-refractivity contribution in [3.63, 3.8) is 0 Å². The summed E-state index contributed by atoms with van der Waals surface area (Å²) in [5, 5.41) is 3.17. The number of rotatable bonds is 3. The van der Waals surface area contributed by atoms with Crippen molar-refractivity contribution < 1.29 is 14.4 Å². The number of imide groups is 1. The molecule has 24 heavy (non-hydrogen) atoms. The van der Waals surface area contributed by atoms with E-state index in [1.807, 2.05) is 0 Å². The highest BCUT2D eigenvalue weighted by Crippen LogP contribution is 2.56. The maximum absolute atomic E-state index is 12.6. The summed E-state index contributed by atoms with van der Waals surface area (Å²) in [5.74, 6) is -0.438. The van der Waals surface area contributed by atoms with Crippen LogP contribution in [0.3, 0.4) is 0 Å². The normalized spacial score (nSPS) is 30.8. The van der Waals surface area contributed by atoms with E-state index in [0.29, 0.717) is 22.5 Å². The SMILES string of the molecule is O=C(CN1C(=O)[C@H]2[C@H]3CC[C@@H](C3)[C@@H]2C1=O)Nc1ccc(Br)c(Cl)c1. The zero-order valence-corrected chi connectivity index (χ0v) is 15.1. The van der Waals surface area contributed by atoms with Crippen LogP contribution >= 0.6 is 27.5 Å². The molecule has 0 unspecified atom stereocenters. The van der Waals surface area contributed by atoms with Crippen LogP contribution in [0.4, 0.5) is 5.69 Å². The molecule has 4 atom stereocenters. The lowest BCUT2D eigenvalue weighted by Gasteiger charge is -2.19. The Labute approximate surface area is 152 Å². The van der Waals surface area contributed by atoms with Gasteiger partial charge < -0.3 is 5.32 Å². The first-order chi connectivity index (χ1) is 11.5. The van der Waals surface area contributed by atoms with Crippen molar-refractivity contribution in [3.8, 4) is 0 Å². The minimum atomic E-state index is -0.387. The van der Waals surface area contributed by atoms with Gasteiger partial charge in [-0.1, -0.05) is 11.6 Å². The van der Waals surface area contributed by atoms with E-state index in [0.717, 1.165) is 28.6 Å². The van der Waals surface area contributed by atoms with Crippen molar-refractivity contribution in [2.75, 3.05) is 11.9 Å². The van der Waals surface area contributed by atoms with Gasteiger partial charge in [-0.3, -0.25) is 19.3 Å². The van der Waals surface area contributed by atoms with E-state index in [2.05, 4.69) is 21.2 Å². The fourth-order valence-corrected chi connectivity index (χ4v) is 4.97. The Morgan fingerprint density at radius 1 is 1.21 bits per heavy atom. The molecule has 3 aliphatic rings. The molecule has 2 aliphatic carbocycles. The molecule has 4 rings (SSSR count). The molecule has 1 saturated heterocycles. The fourth-order valence-electron chi connectivity index (χ4n) is 4.54. The molecular weight excluding hydrogens is 396 g/mol. The lowest BCUT2D eigenvalue weighted by molar-refractivity contribution is -0.143. The highest BCUT2D eigenvalue weighted by Gasteiger charge is 2.60. The van der Waals surface area contributed by atoms with Gasteiger partial charge >= 0.3 is 0 Å². The van der Waals surface area contributed by atoms with E-state index in [1.165, 1.54) is 0 Å². The molecule has 0 radical (unpaired) electrons. The molecule has 5 nitrogen and oxygen atoms in total. The van der Waals surface area contributed by atoms with Gasteiger partial charge in [0.1, 0.15) is 6.54 Å². The van der Waals surface area contributed by atoms with Gasteiger partial charge in [0.15, 0.2) is 0 Å². The number of hydrogen-bond acceptors (Lipinski definition) is 3. The fraction of sp³-hybridized carbons (Fsp3) is 0.471. The van der Waals surface area contributed by atoms with Crippen LogP contribution in [0.1, 0.15) is 19.3 Å². The topological polar surface area (TPSA) is 66.5 Å². The molecule has 1 aliphatic heterocycles. The van der Waals surface area contributed by atoms with E-state index in [4.69, 9.17) is 11.6 Å². The molecule has 2 saturated carbocycles. The van der Waals surface area contributed by atoms with Gasteiger partial charge in [0.2, 0.25) is 17.7 Å². The first-order valence-corrected chi connectivity index (χ1v) is 9.23. The molecule has 1 aromatic carbocycles. The average Bonchev–Trinajstić information content (AvgIpc) is 3.21. The van der Waals surface area contributed by atoms with Crippen LogP contribution in [-0.2, 0) is 14.4 Å². The molecule has 1 aromatic rings. The van der Waals surface area contributed by atoms with E-state index in [9.17, 15) is 14.4 Å². The summed E-state index contributed by atoms with van der Waals surface area (Å²) in [4.78, 5) is 38.5. The smallest absolute Gasteiger partial charge is 0.244 e. The summed E-state index contributed by atoms with van der Waals surface area (Å²) < 4.78 is 0.732. The lowest BCUT2D eigenvalue weighted by atomic mass is 9.81. The molecular formula is C17H16BrClN2O3. The molecule has 7 heteroatoms. The second-order valence-corrected chi connectivity index (χ2v) is 8.09. The largest absolute Gasteiger partial charge is 0.324 e. The summed E-state index contributed by atoms with van der Waals surface area (Å²) in [6.07, 6.45) is 3.05. The Balaban J connectivity index is 1.45. The number of benzene rings is 1. The quantitative estimate of drug-likeness (QED) is 0.777. The van der Waals surface area contributed by atoms with E-state index in [1.54, 1.807) is 18.2 Å². The van der Waals surface area contributed by atoms with Crippen molar-refractivity contribution in [1.29, 1.82) is 0 Å². The van der Waals surface area contributed by atoms with Gasteiger partial charge in [0.05, 0.1) is 16.9 Å². The highest BCUT2D eigenvalue weighted by atomic mass is 79.9. The van der Waals surface area contributed by atoms with E-state index < -0.39 is 0 Å². The van der Waals surface area contributed by atoms with Gasteiger partial charge in [-0.15, -0.1) is 0 Å². The summed E-state index contributed by atoms with van der Waals surface area (Å²) in [6.45, 7) is -0.224. The van der Waals surface area contributed by atoms with Crippen LogP contribution in [0, 0.1) is 23.7 Å². The van der Waals surface area contributed by atoms with Crippen molar-refractivity contribution in [3.05, 3.63) is 27.7 Å². The highest BCUT2D eigenvalue weighted by molar-refractivity contribution is 9.10. The van der Waals surface area contributed by atoms with Gasteiger partial charge in [-0.2, -0.15) is 0 Å². The second-order valence-electron chi connectivity index (χ2n) is 6.82. The van der Waals surface area contributed by atoms with Crippen LogP contribution in [-0.4, -0.2) is 29.2 Å². The van der Waals surface area contributed by atoms with Crippen molar-refractivity contribution in [2.24, 2.45) is 23.7 Å². The minimum absolute atomic E-state index is 0.166. The molecule has 0 spiro atoms. The number of halogens is 2. The third-order valence-corrected chi connectivity index (χ3v) is 6.76. The Morgan fingerprint density at radius 3 is 2.42 bits per heavy atom. The molecule has 3 fully saturated rings. The number of likely N-dealkylation sites (tertiary alicyclic amines) is 1. The monoisotopic (exact) mass is 410 g/mol. The third-order valence-electron chi connectivity index (χ3n) is 5.52. The molecule has 2 bridgehead atoms. The number of nitrogens with zero attached hydrogens (tertiary/aromatic N) is 1. The third kappa shape index (κ3) is 2.47. The summed E-state index contributed by atoms with van der Waals surface area (Å²) in [7, 11) is 0. The number of hydrogen-bond donors (Lipinski definition) is 1. The standard InChI is InChI=1S/C17H16BrClN2O3/c18-11-4-3-10(6-12(11)19)20-13(22)7-21-16(23)14-8-1-2-9(5-8)15(14)17(21)24/h3-4,6,8-9,14-15H,1-2,5,7H2,(H,20,22)/t8-,9-,14-,15-/m0/s1. The van der Waals surface area contributed by atoms with Crippen LogP contribution in [0.2, 0.25) is 5.02 Å². The second kappa shape index (κ2) is 5.85. The van der Waals surface area contributed by atoms with E-state index in [-0.39, 0.29) is 36.1 Å². The zero-order chi connectivity index (χ0) is 17.0. The Bertz CT molecular complexity index is 725. The number of carbonyl (C=O) groups excluding carboxylic acids is 3. The van der Waals surface area contributed by atoms with Crippen LogP contribution in [0.15, 0.2) is 22.7 Å². The molecule has 1 heterocycles. The number of fused-ring (bicyclic) bond motifs is 5. The molecule has 1 N–H and O–H groups in total. The van der Waals surface area contributed by atoms with Crippen LogP contribution in [0.25, 0.3) is 0 Å². The van der Waals surface area contributed by atoms with Crippen molar-refractivity contribution >= 4 is 50.9 Å². The zero-order valence-electron chi connectivity index (χ0n) is 12.8.